The molecule has 2 rings (SSSR count). The molecule has 0 aromatic rings. The molecule has 4 nitrogen and oxygen atoms in total. The Morgan fingerprint density at radius 2 is 1.94 bits per heavy atom. The van der Waals surface area contributed by atoms with Gasteiger partial charge in [-0.1, -0.05) is 6.92 Å². The fourth-order valence-corrected chi connectivity index (χ4v) is 2.84. The minimum atomic E-state index is 0.185. The summed E-state index contributed by atoms with van der Waals surface area (Å²) in [6.07, 6.45) is 4.40. The zero-order chi connectivity index (χ0) is 12.3. The summed E-state index contributed by atoms with van der Waals surface area (Å²) in [4.78, 5) is 16.3. The van der Waals surface area contributed by atoms with Crippen LogP contribution in [-0.2, 0) is 4.79 Å². The standard InChI is InChI=1S/C13H24N2O2/c1-11-4-7-14(8-5-11)13(17)9-15-6-2-3-12(15)10-16/h11-12,16H,2-10H2,1H3/t12-/m1/s1. The van der Waals surface area contributed by atoms with Crippen molar-refractivity contribution in [1.82, 2.24) is 9.80 Å². The van der Waals surface area contributed by atoms with Crippen LogP contribution in [0.1, 0.15) is 32.6 Å². The summed E-state index contributed by atoms with van der Waals surface area (Å²) < 4.78 is 0. The van der Waals surface area contributed by atoms with Crippen molar-refractivity contribution >= 4 is 5.91 Å². The number of likely N-dealkylation sites (tertiary alicyclic amines) is 2. The fraction of sp³-hybridized carbons (Fsp3) is 0.923. The summed E-state index contributed by atoms with van der Waals surface area (Å²) in [5.74, 6) is 1.01. The van der Waals surface area contributed by atoms with Crippen LogP contribution in [0.15, 0.2) is 0 Å². The Balaban J connectivity index is 1.80. The third-order valence-corrected chi connectivity index (χ3v) is 4.18. The van der Waals surface area contributed by atoms with Crippen LogP contribution < -0.4 is 0 Å². The van der Waals surface area contributed by atoms with E-state index in [1.165, 1.54) is 0 Å². The first-order chi connectivity index (χ1) is 8.20. The lowest BCUT2D eigenvalue weighted by Gasteiger charge is -2.32. The lowest BCUT2D eigenvalue weighted by atomic mass is 9.99. The minimum absolute atomic E-state index is 0.185. The van der Waals surface area contributed by atoms with Gasteiger partial charge in [0.1, 0.15) is 0 Å². The molecule has 1 N–H and O–H groups in total. The Labute approximate surface area is 104 Å². The first-order valence-corrected chi connectivity index (χ1v) is 6.83. The van der Waals surface area contributed by atoms with Gasteiger partial charge in [0.25, 0.3) is 0 Å². The van der Waals surface area contributed by atoms with E-state index in [2.05, 4.69) is 11.8 Å². The SMILES string of the molecule is CC1CCN(C(=O)CN2CCC[C@@H]2CO)CC1. The predicted octanol–water partition coefficient (Wildman–Crippen LogP) is 0.702. The molecule has 0 aromatic heterocycles. The largest absolute Gasteiger partial charge is 0.395 e. The summed E-state index contributed by atoms with van der Waals surface area (Å²) in [6, 6.07) is 0.211. The molecule has 1 amide bonds. The van der Waals surface area contributed by atoms with Crippen molar-refractivity contribution in [3.8, 4) is 0 Å². The Morgan fingerprint density at radius 1 is 1.24 bits per heavy atom. The van der Waals surface area contributed by atoms with E-state index in [1.54, 1.807) is 0 Å². The molecule has 17 heavy (non-hydrogen) atoms. The molecule has 0 saturated carbocycles. The van der Waals surface area contributed by atoms with Gasteiger partial charge < -0.3 is 10.0 Å². The van der Waals surface area contributed by atoms with Gasteiger partial charge in [-0.3, -0.25) is 9.69 Å². The van der Waals surface area contributed by atoms with E-state index in [4.69, 9.17) is 0 Å². The van der Waals surface area contributed by atoms with Crippen LogP contribution in [0.4, 0.5) is 0 Å². The highest BCUT2D eigenvalue weighted by atomic mass is 16.3. The lowest BCUT2D eigenvalue weighted by Crippen LogP contribution is -2.45. The second-order valence-electron chi connectivity index (χ2n) is 5.51. The van der Waals surface area contributed by atoms with Crippen molar-refractivity contribution in [2.75, 3.05) is 32.8 Å². The summed E-state index contributed by atoms with van der Waals surface area (Å²) >= 11 is 0. The highest BCUT2D eigenvalue weighted by Crippen LogP contribution is 2.19. The molecule has 0 aromatic carbocycles. The van der Waals surface area contributed by atoms with Gasteiger partial charge in [0, 0.05) is 19.1 Å². The number of aliphatic hydroxyl groups excluding tert-OH is 1. The second-order valence-corrected chi connectivity index (χ2v) is 5.51. The van der Waals surface area contributed by atoms with Gasteiger partial charge in [0.05, 0.1) is 13.2 Å². The zero-order valence-corrected chi connectivity index (χ0v) is 10.8. The van der Waals surface area contributed by atoms with Crippen LogP contribution in [0.5, 0.6) is 0 Å². The lowest BCUT2D eigenvalue weighted by molar-refractivity contribution is -0.134. The molecule has 0 radical (unpaired) electrons. The van der Waals surface area contributed by atoms with Crippen molar-refractivity contribution in [2.24, 2.45) is 5.92 Å². The van der Waals surface area contributed by atoms with E-state index in [0.29, 0.717) is 6.54 Å². The second kappa shape index (κ2) is 5.83. The minimum Gasteiger partial charge on any atom is -0.395 e. The maximum Gasteiger partial charge on any atom is 0.236 e. The average Bonchev–Trinajstić information content (AvgIpc) is 2.77. The van der Waals surface area contributed by atoms with Crippen molar-refractivity contribution < 1.29 is 9.90 Å². The highest BCUT2D eigenvalue weighted by Gasteiger charge is 2.28. The van der Waals surface area contributed by atoms with Gasteiger partial charge >= 0.3 is 0 Å². The first kappa shape index (κ1) is 12.8. The van der Waals surface area contributed by atoms with E-state index >= 15 is 0 Å². The van der Waals surface area contributed by atoms with Gasteiger partial charge in [0.2, 0.25) is 5.91 Å². The van der Waals surface area contributed by atoms with Gasteiger partial charge in [-0.2, -0.15) is 0 Å². The molecule has 2 heterocycles. The predicted molar refractivity (Wildman–Crippen MR) is 66.7 cm³/mol. The van der Waals surface area contributed by atoms with E-state index in [1.807, 2.05) is 4.90 Å². The molecule has 0 bridgehead atoms. The molecule has 0 spiro atoms. The van der Waals surface area contributed by atoms with Crippen molar-refractivity contribution in [2.45, 2.75) is 38.6 Å². The average molecular weight is 240 g/mol. The molecular weight excluding hydrogens is 216 g/mol. The zero-order valence-electron chi connectivity index (χ0n) is 10.8. The summed E-state index contributed by atoms with van der Waals surface area (Å²) in [6.45, 7) is 5.73. The van der Waals surface area contributed by atoms with Gasteiger partial charge in [-0.25, -0.2) is 0 Å². The molecule has 2 aliphatic rings. The Bertz CT molecular complexity index is 262. The van der Waals surface area contributed by atoms with E-state index in [0.717, 1.165) is 51.2 Å². The van der Waals surface area contributed by atoms with Crippen LogP contribution in [0.25, 0.3) is 0 Å². The highest BCUT2D eigenvalue weighted by molar-refractivity contribution is 5.78. The number of amides is 1. The molecule has 1 atom stereocenters. The third kappa shape index (κ3) is 3.19. The maximum atomic E-state index is 12.1. The number of carbonyl (C=O) groups excluding carboxylic acids is 1. The Morgan fingerprint density at radius 3 is 2.59 bits per heavy atom. The van der Waals surface area contributed by atoms with Crippen LogP contribution in [0, 0.1) is 5.92 Å². The van der Waals surface area contributed by atoms with Crippen LogP contribution in [0.2, 0.25) is 0 Å². The van der Waals surface area contributed by atoms with Crippen molar-refractivity contribution in [3.63, 3.8) is 0 Å². The van der Waals surface area contributed by atoms with Crippen LogP contribution in [-0.4, -0.2) is 59.6 Å². The Kier molecular flexibility index (Phi) is 4.40. The summed E-state index contributed by atoms with van der Waals surface area (Å²) in [5, 5.41) is 9.23. The molecule has 0 aliphatic carbocycles. The van der Waals surface area contributed by atoms with Gasteiger partial charge in [0.15, 0.2) is 0 Å². The molecule has 2 aliphatic heterocycles. The molecular formula is C13H24N2O2. The molecule has 2 saturated heterocycles. The smallest absolute Gasteiger partial charge is 0.236 e. The fourth-order valence-electron chi connectivity index (χ4n) is 2.84. The number of carbonyl (C=O) groups is 1. The monoisotopic (exact) mass is 240 g/mol. The topological polar surface area (TPSA) is 43.8 Å². The molecule has 98 valence electrons. The summed E-state index contributed by atoms with van der Waals surface area (Å²) in [5.41, 5.74) is 0. The quantitative estimate of drug-likeness (QED) is 0.790. The van der Waals surface area contributed by atoms with Gasteiger partial charge in [-0.15, -0.1) is 0 Å². The maximum absolute atomic E-state index is 12.1. The molecule has 4 heteroatoms. The van der Waals surface area contributed by atoms with Gasteiger partial charge in [-0.05, 0) is 38.1 Å². The third-order valence-electron chi connectivity index (χ3n) is 4.18. The normalized spacial score (nSPS) is 27.6. The number of hydrogen-bond donors (Lipinski definition) is 1. The number of aliphatic hydroxyl groups is 1. The van der Waals surface area contributed by atoms with E-state index in [-0.39, 0.29) is 18.6 Å². The number of piperidine rings is 1. The number of hydrogen-bond acceptors (Lipinski definition) is 3. The van der Waals surface area contributed by atoms with Crippen LogP contribution >= 0.6 is 0 Å². The van der Waals surface area contributed by atoms with Crippen LogP contribution in [0.3, 0.4) is 0 Å². The molecule has 2 fully saturated rings. The first-order valence-electron chi connectivity index (χ1n) is 6.83. The Hall–Kier alpha value is -0.610. The number of rotatable bonds is 3. The van der Waals surface area contributed by atoms with E-state index < -0.39 is 0 Å². The molecule has 0 unspecified atom stereocenters. The van der Waals surface area contributed by atoms with E-state index in [9.17, 15) is 9.90 Å². The van der Waals surface area contributed by atoms with Crippen molar-refractivity contribution in [3.05, 3.63) is 0 Å². The van der Waals surface area contributed by atoms with Crippen molar-refractivity contribution in [1.29, 1.82) is 0 Å². The summed E-state index contributed by atoms with van der Waals surface area (Å²) in [7, 11) is 0. The number of nitrogens with zero attached hydrogens (tertiary/aromatic N) is 2.